The molecule has 0 aromatic heterocycles. The molecule has 1 atom stereocenters. The molecule has 0 aliphatic carbocycles. The number of methoxy groups -OCH3 is 2. The van der Waals surface area contributed by atoms with Crippen molar-refractivity contribution in [3.63, 3.8) is 0 Å². The number of likely N-dealkylation sites (tertiary alicyclic amines) is 1. The second-order valence-corrected chi connectivity index (χ2v) is 6.99. The van der Waals surface area contributed by atoms with Crippen LogP contribution in [0.3, 0.4) is 0 Å². The van der Waals surface area contributed by atoms with Gasteiger partial charge in [-0.05, 0) is 48.7 Å². The number of piperidine rings is 1. The van der Waals surface area contributed by atoms with E-state index in [9.17, 15) is 4.79 Å². The maximum atomic E-state index is 12.7. The van der Waals surface area contributed by atoms with Crippen LogP contribution in [0.2, 0.25) is 5.02 Å². The monoisotopic (exact) mass is 389 g/mol. The summed E-state index contributed by atoms with van der Waals surface area (Å²) in [5.41, 5.74) is 1.59. The van der Waals surface area contributed by atoms with Gasteiger partial charge in [-0.15, -0.1) is 0 Å². The van der Waals surface area contributed by atoms with Gasteiger partial charge in [0.15, 0.2) is 0 Å². The lowest BCUT2D eigenvalue weighted by atomic mass is 10.1. The molecule has 1 heterocycles. The second kappa shape index (κ2) is 9.11. The second-order valence-electron chi connectivity index (χ2n) is 6.56. The van der Waals surface area contributed by atoms with Crippen LogP contribution in [-0.2, 0) is 11.3 Å². The maximum Gasteiger partial charge on any atom is 0.253 e. The number of hydrogen-bond acceptors (Lipinski definition) is 4. The predicted octanol–water partition coefficient (Wildman–Crippen LogP) is 4.18. The van der Waals surface area contributed by atoms with Gasteiger partial charge in [-0.25, -0.2) is 0 Å². The van der Waals surface area contributed by atoms with Crippen molar-refractivity contribution >= 4 is 17.5 Å². The van der Waals surface area contributed by atoms with Crippen LogP contribution in [0.5, 0.6) is 11.5 Å². The molecule has 0 unspecified atom stereocenters. The lowest BCUT2D eigenvalue weighted by Crippen LogP contribution is -2.43. The van der Waals surface area contributed by atoms with Crippen LogP contribution in [0, 0.1) is 0 Å². The van der Waals surface area contributed by atoms with E-state index in [1.807, 2.05) is 23.1 Å². The fourth-order valence-electron chi connectivity index (χ4n) is 3.23. The molecule has 1 aliphatic heterocycles. The van der Waals surface area contributed by atoms with E-state index in [-0.39, 0.29) is 12.0 Å². The summed E-state index contributed by atoms with van der Waals surface area (Å²) in [7, 11) is 3.25. The molecule has 6 heteroatoms. The zero-order valence-corrected chi connectivity index (χ0v) is 16.4. The van der Waals surface area contributed by atoms with Gasteiger partial charge in [-0.2, -0.15) is 0 Å². The van der Waals surface area contributed by atoms with Crippen molar-refractivity contribution in [3.05, 3.63) is 58.6 Å². The fraction of sp³-hybridized carbons (Fsp3) is 0.381. The SMILES string of the molecule is COc1cc(CO[C@H]2CCCN(C(=O)c3cccc(Cl)c3)C2)cc(OC)c1. The van der Waals surface area contributed by atoms with E-state index >= 15 is 0 Å². The van der Waals surface area contributed by atoms with Gasteiger partial charge in [0.1, 0.15) is 11.5 Å². The molecular formula is C21H24ClNO4. The van der Waals surface area contributed by atoms with Gasteiger partial charge in [-0.1, -0.05) is 17.7 Å². The van der Waals surface area contributed by atoms with Crippen LogP contribution in [0.15, 0.2) is 42.5 Å². The highest BCUT2D eigenvalue weighted by molar-refractivity contribution is 6.30. The Hall–Kier alpha value is -2.24. The number of hydrogen-bond donors (Lipinski definition) is 0. The van der Waals surface area contributed by atoms with Crippen molar-refractivity contribution in [2.75, 3.05) is 27.3 Å². The van der Waals surface area contributed by atoms with Gasteiger partial charge in [0.2, 0.25) is 0 Å². The average Bonchev–Trinajstić information content (AvgIpc) is 2.71. The van der Waals surface area contributed by atoms with Gasteiger partial charge in [-0.3, -0.25) is 4.79 Å². The first-order chi connectivity index (χ1) is 13.1. The molecule has 0 radical (unpaired) electrons. The molecule has 1 fully saturated rings. The molecule has 0 saturated carbocycles. The van der Waals surface area contributed by atoms with Crippen molar-refractivity contribution < 1.29 is 19.0 Å². The lowest BCUT2D eigenvalue weighted by Gasteiger charge is -2.33. The summed E-state index contributed by atoms with van der Waals surface area (Å²) >= 11 is 6.01. The third-order valence-electron chi connectivity index (χ3n) is 4.63. The minimum atomic E-state index is -0.00569. The third-order valence-corrected chi connectivity index (χ3v) is 4.87. The normalized spacial score (nSPS) is 16.9. The molecule has 0 spiro atoms. The van der Waals surface area contributed by atoms with Crippen LogP contribution < -0.4 is 9.47 Å². The summed E-state index contributed by atoms with van der Waals surface area (Å²) in [6, 6.07) is 12.8. The molecule has 144 valence electrons. The Bertz CT molecular complexity index is 773. The van der Waals surface area contributed by atoms with Gasteiger partial charge in [0, 0.05) is 29.7 Å². The number of carbonyl (C=O) groups is 1. The van der Waals surface area contributed by atoms with E-state index in [1.54, 1.807) is 38.5 Å². The van der Waals surface area contributed by atoms with Gasteiger partial charge in [0.25, 0.3) is 5.91 Å². The van der Waals surface area contributed by atoms with Crippen molar-refractivity contribution in [1.29, 1.82) is 0 Å². The molecule has 27 heavy (non-hydrogen) atoms. The van der Waals surface area contributed by atoms with Crippen LogP contribution in [0.1, 0.15) is 28.8 Å². The third kappa shape index (κ3) is 5.15. The first-order valence-electron chi connectivity index (χ1n) is 8.97. The topological polar surface area (TPSA) is 48.0 Å². The van der Waals surface area contributed by atoms with Crippen LogP contribution in [0.4, 0.5) is 0 Å². The molecule has 2 aromatic rings. The summed E-state index contributed by atoms with van der Waals surface area (Å²) < 4.78 is 16.7. The van der Waals surface area contributed by atoms with Gasteiger partial charge >= 0.3 is 0 Å². The largest absolute Gasteiger partial charge is 0.497 e. The highest BCUT2D eigenvalue weighted by Gasteiger charge is 2.25. The zero-order chi connectivity index (χ0) is 19.2. The number of benzene rings is 2. The Morgan fingerprint density at radius 3 is 2.56 bits per heavy atom. The Kier molecular flexibility index (Phi) is 6.58. The molecule has 1 aliphatic rings. The van der Waals surface area contributed by atoms with E-state index in [4.69, 9.17) is 25.8 Å². The first kappa shape index (κ1) is 19.5. The van der Waals surface area contributed by atoms with E-state index < -0.39 is 0 Å². The number of ether oxygens (including phenoxy) is 3. The van der Waals surface area contributed by atoms with Crippen molar-refractivity contribution in [3.8, 4) is 11.5 Å². The summed E-state index contributed by atoms with van der Waals surface area (Å²) in [5.74, 6) is 1.46. The highest BCUT2D eigenvalue weighted by Crippen LogP contribution is 2.24. The summed E-state index contributed by atoms with van der Waals surface area (Å²) in [6.07, 6.45) is 1.85. The highest BCUT2D eigenvalue weighted by atomic mass is 35.5. The Balaban J connectivity index is 1.61. The van der Waals surface area contributed by atoms with E-state index in [0.29, 0.717) is 23.7 Å². The first-order valence-corrected chi connectivity index (χ1v) is 9.35. The Morgan fingerprint density at radius 1 is 1.15 bits per heavy atom. The molecule has 2 aromatic carbocycles. The van der Waals surface area contributed by atoms with Crippen molar-refractivity contribution in [2.45, 2.75) is 25.6 Å². The van der Waals surface area contributed by atoms with E-state index in [2.05, 4.69) is 0 Å². The maximum absolute atomic E-state index is 12.7. The zero-order valence-electron chi connectivity index (χ0n) is 15.6. The number of carbonyl (C=O) groups excluding carboxylic acids is 1. The number of nitrogens with zero attached hydrogens (tertiary/aromatic N) is 1. The molecule has 5 nitrogen and oxygen atoms in total. The summed E-state index contributed by atoms with van der Waals surface area (Å²) in [4.78, 5) is 14.6. The summed E-state index contributed by atoms with van der Waals surface area (Å²) in [6.45, 7) is 1.75. The van der Waals surface area contributed by atoms with Crippen LogP contribution in [0.25, 0.3) is 0 Å². The standard InChI is InChI=1S/C21H24ClNO4/c1-25-19-9-15(10-20(12-19)26-2)14-27-18-7-4-8-23(13-18)21(24)16-5-3-6-17(22)11-16/h3,5-6,9-12,18H,4,7-8,13-14H2,1-2H3/t18-/m0/s1. The molecule has 1 amide bonds. The molecule has 1 saturated heterocycles. The predicted molar refractivity (Wildman–Crippen MR) is 105 cm³/mol. The minimum absolute atomic E-state index is 0.000852. The Morgan fingerprint density at radius 2 is 1.89 bits per heavy atom. The van der Waals surface area contributed by atoms with E-state index in [0.717, 1.165) is 36.4 Å². The van der Waals surface area contributed by atoms with Crippen LogP contribution >= 0.6 is 11.6 Å². The van der Waals surface area contributed by atoms with Crippen molar-refractivity contribution in [2.24, 2.45) is 0 Å². The van der Waals surface area contributed by atoms with Crippen LogP contribution in [-0.4, -0.2) is 44.2 Å². The van der Waals surface area contributed by atoms with Gasteiger partial charge < -0.3 is 19.1 Å². The molecular weight excluding hydrogens is 366 g/mol. The smallest absolute Gasteiger partial charge is 0.253 e. The van der Waals surface area contributed by atoms with Crippen molar-refractivity contribution in [1.82, 2.24) is 4.90 Å². The quantitative estimate of drug-likeness (QED) is 0.743. The molecule has 3 rings (SSSR count). The lowest BCUT2D eigenvalue weighted by molar-refractivity contribution is -0.00681. The molecule has 0 bridgehead atoms. The fourth-order valence-corrected chi connectivity index (χ4v) is 3.42. The Labute approximate surface area is 164 Å². The van der Waals surface area contributed by atoms with Gasteiger partial charge in [0.05, 0.1) is 26.9 Å². The molecule has 0 N–H and O–H groups in total. The average molecular weight is 390 g/mol. The number of amides is 1. The minimum Gasteiger partial charge on any atom is -0.497 e. The number of rotatable bonds is 6. The summed E-state index contributed by atoms with van der Waals surface area (Å²) in [5, 5.41) is 0.567. The number of halogens is 1. The van der Waals surface area contributed by atoms with E-state index in [1.165, 1.54) is 0 Å².